The average Bonchev–Trinajstić information content (AvgIpc) is 2.39. The van der Waals surface area contributed by atoms with Gasteiger partial charge in [-0.05, 0) is 37.1 Å². The molecular formula is C15H23NO3S. The van der Waals surface area contributed by atoms with E-state index in [-0.39, 0.29) is 11.5 Å². The molecule has 0 saturated heterocycles. The standard InChI is InChI=1S/C15H23NO3S/c1-3-5-6-7-15(17)13-8-10-14(11-9-13)16-20(18,19)12-4-2/h8-11,16H,3-7,12H2,1-2H3. The first-order valence-corrected chi connectivity index (χ1v) is 8.77. The molecule has 4 nitrogen and oxygen atoms in total. The first-order chi connectivity index (χ1) is 9.48. The third-order valence-electron chi connectivity index (χ3n) is 2.96. The molecule has 0 aromatic heterocycles. The van der Waals surface area contributed by atoms with Gasteiger partial charge in [0.15, 0.2) is 5.78 Å². The maximum atomic E-state index is 11.9. The number of sulfonamides is 1. The SMILES string of the molecule is CCCCCC(=O)c1ccc(NS(=O)(=O)CCC)cc1. The van der Waals surface area contributed by atoms with Crippen LogP contribution < -0.4 is 4.72 Å². The Balaban J connectivity index is 2.62. The maximum absolute atomic E-state index is 11.9. The van der Waals surface area contributed by atoms with Crippen LogP contribution in [-0.4, -0.2) is 20.0 Å². The molecule has 1 aromatic carbocycles. The van der Waals surface area contributed by atoms with Crippen molar-refractivity contribution in [3.05, 3.63) is 29.8 Å². The third-order valence-corrected chi connectivity index (χ3v) is 4.45. The van der Waals surface area contributed by atoms with Gasteiger partial charge in [0.25, 0.3) is 0 Å². The Hall–Kier alpha value is -1.36. The molecule has 0 aliphatic rings. The van der Waals surface area contributed by atoms with Gasteiger partial charge < -0.3 is 0 Å². The number of hydrogen-bond acceptors (Lipinski definition) is 3. The van der Waals surface area contributed by atoms with Crippen molar-refractivity contribution in [1.82, 2.24) is 0 Å². The van der Waals surface area contributed by atoms with Gasteiger partial charge in [0, 0.05) is 17.7 Å². The largest absolute Gasteiger partial charge is 0.294 e. The van der Waals surface area contributed by atoms with Crippen LogP contribution in [0.2, 0.25) is 0 Å². The van der Waals surface area contributed by atoms with Crippen LogP contribution in [0.25, 0.3) is 0 Å². The minimum Gasteiger partial charge on any atom is -0.294 e. The molecule has 1 aromatic rings. The zero-order valence-corrected chi connectivity index (χ0v) is 13.0. The lowest BCUT2D eigenvalue weighted by Crippen LogP contribution is -2.16. The number of ketones is 1. The van der Waals surface area contributed by atoms with E-state index in [0.717, 1.165) is 19.3 Å². The molecule has 0 radical (unpaired) electrons. The molecule has 1 N–H and O–H groups in total. The van der Waals surface area contributed by atoms with Gasteiger partial charge in [-0.1, -0.05) is 26.7 Å². The Bertz CT molecular complexity index is 521. The molecule has 0 spiro atoms. The van der Waals surface area contributed by atoms with Crippen molar-refractivity contribution in [2.45, 2.75) is 46.0 Å². The number of carbonyl (C=O) groups is 1. The third kappa shape index (κ3) is 5.74. The van der Waals surface area contributed by atoms with E-state index in [1.165, 1.54) is 0 Å². The second kappa shape index (κ2) is 8.04. The monoisotopic (exact) mass is 297 g/mol. The van der Waals surface area contributed by atoms with Crippen molar-refractivity contribution >= 4 is 21.5 Å². The molecule has 0 aliphatic carbocycles. The first kappa shape index (κ1) is 16.7. The van der Waals surface area contributed by atoms with Crippen LogP contribution in [0.15, 0.2) is 24.3 Å². The van der Waals surface area contributed by atoms with Crippen LogP contribution in [0.3, 0.4) is 0 Å². The first-order valence-electron chi connectivity index (χ1n) is 7.12. The minimum atomic E-state index is -3.27. The summed E-state index contributed by atoms with van der Waals surface area (Å²) in [6, 6.07) is 6.64. The van der Waals surface area contributed by atoms with E-state index in [1.54, 1.807) is 24.3 Å². The quantitative estimate of drug-likeness (QED) is 0.559. The Morgan fingerprint density at radius 2 is 1.70 bits per heavy atom. The lowest BCUT2D eigenvalue weighted by atomic mass is 10.0. The van der Waals surface area contributed by atoms with Crippen molar-refractivity contribution in [3.63, 3.8) is 0 Å². The number of unbranched alkanes of at least 4 members (excludes halogenated alkanes) is 2. The topological polar surface area (TPSA) is 63.2 Å². The highest BCUT2D eigenvalue weighted by Crippen LogP contribution is 2.14. The Kier molecular flexibility index (Phi) is 6.71. The van der Waals surface area contributed by atoms with Gasteiger partial charge in [-0.2, -0.15) is 0 Å². The number of rotatable bonds is 9. The number of carbonyl (C=O) groups excluding carboxylic acids is 1. The number of anilines is 1. The predicted octanol–water partition coefficient (Wildman–Crippen LogP) is 3.60. The highest BCUT2D eigenvalue weighted by molar-refractivity contribution is 7.92. The van der Waals surface area contributed by atoms with Crippen LogP contribution in [0.5, 0.6) is 0 Å². The summed E-state index contributed by atoms with van der Waals surface area (Å²) >= 11 is 0. The molecule has 0 saturated carbocycles. The van der Waals surface area contributed by atoms with Crippen LogP contribution in [0.4, 0.5) is 5.69 Å². The molecular weight excluding hydrogens is 274 g/mol. The molecule has 0 fully saturated rings. The van der Waals surface area contributed by atoms with E-state index < -0.39 is 10.0 Å². The van der Waals surface area contributed by atoms with E-state index in [9.17, 15) is 13.2 Å². The second-order valence-corrected chi connectivity index (χ2v) is 6.72. The molecule has 0 atom stereocenters. The molecule has 20 heavy (non-hydrogen) atoms. The van der Waals surface area contributed by atoms with Crippen LogP contribution in [0.1, 0.15) is 56.3 Å². The van der Waals surface area contributed by atoms with E-state index in [2.05, 4.69) is 11.6 Å². The molecule has 0 bridgehead atoms. The van der Waals surface area contributed by atoms with Gasteiger partial charge in [0.05, 0.1) is 5.75 Å². The van der Waals surface area contributed by atoms with E-state index in [4.69, 9.17) is 0 Å². The van der Waals surface area contributed by atoms with Crippen molar-refractivity contribution in [2.75, 3.05) is 10.5 Å². The number of hydrogen-bond donors (Lipinski definition) is 1. The zero-order chi connectivity index (χ0) is 15.0. The molecule has 112 valence electrons. The normalized spacial score (nSPS) is 11.3. The molecule has 0 unspecified atom stereocenters. The van der Waals surface area contributed by atoms with Crippen molar-refractivity contribution in [1.29, 1.82) is 0 Å². The second-order valence-electron chi connectivity index (χ2n) is 4.88. The van der Waals surface area contributed by atoms with Gasteiger partial charge >= 0.3 is 0 Å². The number of Topliss-reactive ketones (excluding diaryl/α,β-unsaturated/α-hetero) is 1. The zero-order valence-electron chi connectivity index (χ0n) is 12.2. The molecule has 0 amide bonds. The smallest absolute Gasteiger partial charge is 0.232 e. The molecule has 1 rings (SSSR count). The maximum Gasteiger partial charge on any atom is 0.232 e. The summed E-state index contributed by atoms with van der Waals surface area (Å²) in [4.78, 5) is 11.9. The molecule has 0 heterocycles. The van der Waals surface area contributed by atoms with E-state index >= 15 is 0 Å². The summed E-state index contributed by atoms with van der Waals surface area (Å²) in [5.41, 5.74) is 1.14. The molecule has 0 aliphatic heterocycles. The Labute approximate surface area is 121 Å². The Morgan fingerprint density at radius 3 is 2.25 bits per heavy atom. The summed E-state index contributed by atoms with van der Waals surface area (Å²) in [5, 5.41) is 0. The fourth-order valence-corrected chi connectivity index (χ4v) is 3.04. The predicted molar refractivity (Wildman–Crippen MR) is 82.6 cm³/mol. The lowest BCUT2D eigenvalue weighted by Gasteiger charge is -2.07. The van der Waals surface area contributed by atoms with Crippen LogP contribution in [0, 0.1) is 0 Å². The van der Waals surface area contributed by atoms with Gasteiger partial charge in [-0.15, -0.1) is 0 Å². The minimum absolute atomic E-state index is 0.102. The van der Waals surface area contributed by atoms with Crippen molar-refractivity contribution < 1.29 is 13.2 Å². The van der Waals surface area contributed by atoms with Crippen LogP contribution >= 0.6 is 0 Å². The summed E-state index contributed by atoms with van der Waals surface area (Å²) < 4.78 is 25.7. The highest BCUT2D eigenvalue weighted by atomic mass is 32.2. The van der Waals surface area contributed by atoms with Gasteiger partial charge in [0.1, 0.15) is 0 Å². The Morgan fingerprint density at radius 1 is 1.05 bits per heavy atom. The number of benzene rings is 1. The fraction of sp³-hybridized carbons (Fsp3) is 0.533. The van der Waals surface area contributed by atoms with E-state index in [0.29, 0.717) is 24.1 Å². The fourth-order valence-electron chi connectivity index (χ4n) is 1.90. The highest BCUT2D eigenvalue weighted by Gasteiger charge is 2.10. The van der Waals surface area contributed by atoms with Crippen molar-refractivity contribution in [2.24, 2.45) is 0 Å². The van der Waals surface area contributed by atoms with Gasteiger partial charge in [-0.25, -0.2) is 8.42 Å². The van der Waals surface area contributed by atoms with Gasteiger partial charge in [-0.3, -0.25) is 9.52 Å². The molecule has 5 heteroatoms. The van der Waals surface area contributed by atoms with E-state index in [1.807, 2.05) is 6.92 Å². The summed E-state index contributed by atoms with van der Waals surface area (Å²) in [5.74, 6) is 0.214. The summed E-state index contributed by atoms with van der Waals surface area (Å²) in [7, 11) is -3.27. The van der Waals surface area contributed by atoms with Crippen molar-refractivity contribution in [3.8, 4) is 0 Å². The average molecular weight is 297 g/mol. The summed E-state index contributed by atoms with van der Waals surface area (Å²) in [6.45, 7) is 3.92. The summed E-state index contributed by atoms with van der Waals surface area (Å²) in [6.07, 6.45) is 4.17. The number of nitrogens with one attached hydrogen (secondary N) is 1. The lowest BCUT2D eigenvalue weighted by molar-refractivity contribution is 0.0979. The van der Waals surface area contributed by atoms with Gasteiger partial charge in [0.2, 0.25) is 10.0 Å². The van der Waals surface area contributed by atoms with Crippen LogP contribution in [-0.2, 0) is 10.0 Å².